The lowest BCUT2D eigenvalue weighted by Crippen LogP contribution is -2.38. The van der Waals surface area contributed by atoms with Crippen LogP contribution in [0.15, 0.2) is 59.5 Å². The highest BCUT2D eigenvalue weighted by Gasteiger charge is 2.29. The highest BCUT2D eigenvalue weighted by atomic mass is 32.2. The molecule has 0 aliphatic rings. The second-order valence-electron chi connectivity index (χ2n) is 5.53. The number of rotatable bonds is 6. The Labute approximate surface area is 137 Å². The first-order chi connectivity index (χ1) is 10.9. The molecule has 0 radical (unpaired) electrons. The number of benzene rings is 2. The molecule has 4 nitrogen and oxygen atoms in total. The number of carbonyl (C=O) groups is 1. The summed E-state index contributed by atoms with van der Waals surface area (Å²) in [5, 5.41) is 1.59. The van der Waals surface area contributed by atoms with E-state index in [9.17, 15) is 13.2 Å². The van der Waals surface area contributed by atoms with E-state index in [0.29, 0.717) is 13.0 Å². The van der Waals surface area contributed by atoms with E-state index in [1.54, 1.807) is 24.3 Å². The van der Waals surface area contributed by atoms with Crippen LogP contribution in [0.3, 0.4) is 0 Å². The summed E-state index contributed by atoms with van der Waals surface area (Å²) < 4.78 is 24.9. The van der Waals surface area contributed by atoms with Gasteiger partial charge < -0.3 is 5.32 Å². The molecule has 1 unspecified atom stereocenters. The molecule has 5 heteroatoms. The zero-order valence-corrected chi connectivity index (χ0v) is 14.1. The molecule has 2 aromatic carbocycles. The van der Waals surface area contributed by atoms with Crippen molar-refractivity contribution in [2.75, 3.05) is 6.54 Å². The fourth-order valence-electron chi connectivity index (χ4n) is 2.19. The Morgan fingerprint density at radius 2 is 1.65 bits per heavy atom. The molecular weight excluding hydrogens is 310 g/mol. The van der Waals surface area contributed by atoms with E-state index in [4.69, 9.17) is 0 Å². The second kappa shape index (κ2) is 7.42. The predicted octanol–water partition coefficient (Wildman–Crippen LogP) is 2.52. The maximum Gasteiger partial charge on any atom is 0.238 e. The van der Waals surface area contributed by atoms with Gasteiger partial charge in [0.1, 0.15) is 5.25 Å². The van der Waals surface area contributed by atoms with Gasteiger partial charge in [-0.2, -0.15) is 0 Å². The standard InChI is InChI=1S/C18H21NO3S/c1-14-8-10-17(11-9-14)23(21,22)15(2)18(20)19-13-12-16-6-4-3-5-7-16/h3-11,15H,12-13H2,1-2H3,(H,19,20). The fourth-order valence-corrected chi connectivity index (χ4v) is 3.48. The minimum Gasteiger partial charge on any atom is -0.355 e. The Hall–Kier alpha value is -2.14. The van der Waals surface area contributed by atoms with Crippen LogP contribution in [0.25, 0.3) is 0 Å². The van der Waals surface area contributed by atoms with Gasteiger partial charge in [0.05, 0.1) is 4.90 Å². The lowest BCUT2D eigenvalue weighted by molar-refractivity contribution is -0.120. The van der Waals surface area contributed by atoms with E-state index in [2.05, 4.69) is 5.32 Å². The molecule has 0 spiro atoms. The van der Waals surface area contributed by atoms with Gasteiger partial charge in [0.25, 0.3) is 0 Å². The zero-order chi connectivity index (χ0) is 16.9. The maximum atomic E-state index is 12.5. The van der Waals surface area contributed by atoms with Crippen LogP contribution < -0.4 is 5.32 Å². The molecule has 122 valence electrons. The van der Waals surface area contributed by atoms with Gasteiger partial charge in [-0.1, -0.05) is 48.0 Å². The van der Waals surface area contributed by atoms with Crippen molar-refractivity contribution in [1.29, 1.82) is 0 Å². The van der Waals surface area contributed by atoms with Crippen molar-refractivity contribution in [1.82, 2.24) is 5.32 Å². The molecule has 0 saturated carbocycles. The highest BCUT2D eigenvalue weighted by molar-refractivity contribution is 7.92. The molecule has 0 bridgehead atoms. The molecule has 1 N–H and O–H groups in total. The van der Waals surface area contributed by atoms with Gasteiger partial charge in [-0.05, 0) is 38.0 Å². The van der Waals surface area contributed by atoms with E-state index in [1.165, 1.54) is 6.92 Å². The number of sulfone groups is 1. The first-order valence-electron chi connectivity index (χ1n) is 7.53. The van der Waals surface area contributed by atoms with Gasteiger partial charge in [0.15, 0.2) is 9.84 Å². The molecule has 0 aliphatic carbocycles. The lowest BCUT2D eigenvalue weighted by atomic mass is 10.1. The van der Waals surface area contributed by atoms with E-state index in [0.717, 1.165) is 11.1 Å². The third kappa shape index (κ3) is 4.42. The Morgan fingerprint density at radius 1 is 1.04 bits per heavy atom. The van der Waals surface area contributed by atoms with E-state index >= 15 is 0 Å². The summed E-state index contributed by atoms with van der Waals surface area (Å²) in [6, 6.07) is 16.3. The minimum atomic E-state index is -3.66. The van der Waals surface area contributed by atoms with Crippen molar-refractivity contribution >= 4 is 15.7 Å². The summed E-state index contributed by atoms with van der Waals surface area (Å²) in [4.78, 5) is 12.3. The smallest absolute Gasteiger partial charge is 0.238 e. The van der Waals surface area contributed by atoms with Gasteiger partial charge >= 0.3 is 0 Å². The van der Waals surface area contributed by atoms with Crippen LogP contribution in [0.1, 0.15) is 18.1 Å². The van der Waals surface area contributed by atoms with E-state index < -0.39 is 21.0 Å². The van der Waals surface area contributed by atoms with Gasteiger partial charge in [0, 0.05) is 6.54 Å². The summed E-state index contributed by atoms with van der Waals surface area (Å²) in [6.45, 7) is 3.72. The van der Waals surface area contributed by atoms with Gasteiger partial charge in [-0.25, -0.2) is 8.42 Å². The Bertz CT molecular complexity index is 753. The first kappa shape index (κ1) is 17.2. The molecule has 2 aromatic rings. The molecular formula is C18H21NO3S. The van der Waals surface area contributed by atoms with Crippen LogP contribution in [0.2, 0.25) is 0 Å². The van der Waals surface area contributed by atoms with Crippen LogP contribution in [-0.2, 0) is 21.1 Å². The molecule has 23 heavy (non-hydrogen) atoms. The van der Waals surface area contributed by atoms with E-state index in [1.807, 2.05) is 37.3 Å². The van der Waals surface area contributed by atoms with Gasteiger partial charge in [-0.3, -0.25) is 4.79 Å². The number of aryl methyl sites for hydroxylation is 1. The third-order valence-electron chi connectivity index (χ3n) is 3.74. The van der Waals surface area contributed by atoms with Crippen molar-refractivity contribution in [3.8, 4) is 0 Å². The number of hydrogen-bond acceptors (Lipinski definition) is 3. The van der Waals surface area contributed by atoms with E-state index in [-0.39, 0.29) is 4.90 Å². The summed E-state index contributed by atoms with van der Waals surface area (Å²) >= 11 is 0. The molecule has 0 saturated heterocycles. The van der Waals surface area contributed by atoms with Crippen LogP contribution in [0.4, 0.5) is 0 Å². The Kier molecular flexibility index (Phi) is 5.55. The SMILES string of the molecule is Cc1ccc(S(=O)(=O)C(C)C(=O)NCCc2ccccc2)cc1. The van der Waals surface area contributed by atoms with Crippen molar-refractivity contribution in [2.24, 2.45) is 0 Å². The third-order valence-corrected chi connectivity index (χ3v) is 5.81. The largest absolute Gasteiger partial charge is 0.355 e. The van der Waals surface area contributed by atoms with Gasteiger partial charge in [0.2, 0.25) is 5.91 Å². The monoisotopic (exact) mass is 331 g/mol. The number of nitrogens with one attached hydrogen (secondary N) is 1. The summed E-state index contributed by atoms with van der Waals surface area (Å²) in [6.07, 6.45) is 0.671. The molecule has 0 aliphatic heterocycles. The maximum absolute atomic E-state index is 12.5. The lowest BCUT2D eigenvalue weighted by Gasteiger charge is -2.13. The Balaban J connectivity index is 1.97. The molecule has 0 heterocycles. The van der Waals surface area contributed by atoms with Crippen LogP contribution in [0.5, 0.6) is 0 Å². The van der Waals surface area contributed by atoms with Crippen LogP contribution in [-0.4, -0.2) is 26.1 Å². The molecule has 0 aromatic heterocycles. The first-order valence-corrected chi connectivity index (χ1v) is 9.08. The average Bonchev–Trinajstić information content (AvgIpc) is 2.55. The normalized spacial score (nSPS) is 12.6. The highest BCUT2D eigenvalue weighted by Crippen LogP contribution is 2.16. The topological polar surface area (TPSA) is 63.2 Å². The van der Waals surface area contributed by atoms with Crippen LogP contribution in [0, 0.1) is 6.92 Å². The number of carbonyl (C=O) groups excluding carboxylic acids is 1. The van der Waals surface area contributed by atoms with Crippen molar-refractivity contribution < 1.29 is 13.2 Å². The molecule has 1 atom stereocenters. The summed E-state index contributed by atoms with van der Waals surface area (Å²) in [5.41, 5.74) is 2.07. The van der Waals surface area contributed by atoms with Crippen molar-refractivity contribution in [3.63, 3.8) is 0 Å². The number of amides is 1. The second-order valence-corrected chi connectivity index (χ2v) is 7.80. The van der Waals surface area contributed by atoms with Crippen molar-refractivity contribution in [2.45, 2.75) is 30.4 Å². The summed E-state index contributed by atoms with van der Waals surface area (Å²) in [7, 11) is -3.66. The fraction of sp³-hybridized carbons (Fsp3) is 0.278. The summed E-state index contributed by atoms with van der Waals surface area (Å²) in [5.74, 6) is -0.471. The molecule has 2 rings (SSSR count). The quantitative estimate of drug-likeness (QED) is 0.884. The zero-order valence-electron chi connectivity index (χ0n) is 13.3. The Morgan fingerprint density at radius 3 is 2.26 bits per heavy atom. The van der Waals surface area contributed by atoms with Crippen LogP contribution >= 0.6 is 0 Å². The average molecular weight is 331 g/mol. The minimum absolute atomic E-state index is 0.175. The number of hydrogen-bond donors (Lipinski definition) is 1. The van der Waals surface area contributed by atoms with Crippen molar-refractivity contribution in [3.05, 3.63) is 65.7 Å². The molecule has 0 fully saturated rings. The molecule has 1 amide bonds. The van der Waals surface area contributed by atoms with Gasteiger partial charge in [-0.15, -0.1) is 0 Å². The predicted molar refractivity (Wildman–Crippen MR) is 91.0 cm³/mol.